The lowest BCUT2D eigenvalue weighted by atomic mass is 10.2. The van der Waals surface area contributed by atoms with E-state index in [0.29, 0.717) is 6.17 Å². The topological polar surface area (TPSA) is 9.72 Å². The first kappa shape index (κ1) is 16.5. The minimum atomic E-state index is 0.617. The molecule has 0 spiro atoms. The molecule has 1 aliphatic rings. The van der Waals surface area contributed by atoms with Gasteiger partial charge in [-0.3, -0.25) is 9.80 Å². The fourth-order valence-electron chi connectivity index (χ4n) is 2.90. The number of rotatable bonds is 11. The van der Waals surface area contributed by atoms with Crippen LogP contribution in [-0.2, 0) is 0 Å². The summed E-state index contributed by atoms with van der Waals surface area (Å²) in [5, 5.41) is 0. The normalized spacial score (nSPS) is 14.4. The van der Waals surface area contributed by atoms with Gasteiger partial charge in [0.15, 0.2) is 0 Å². The Labute approximate surface area is 120 Å². The lowest BCUT2D eigenvalue weighted by molar-refractivity contribution is 0.0475. The van der Waals surface area contributed by atoms with Gasteiger partial charge >= 0.3 is 0 Å². The second-order valence-corrected chi connectivity index (χ2v) is 5.39. The van der Waals surface area contributed by atoms with Gasteiger partial charge in [-0.25, -0.2) is 0 Å². The summed E-state index contributed by atoms with van der Waals surface area (Å²) in [5.74, 6) is 0. The Morgan fingerprint density at radius 3 is 1.84 bits per heavy atom. The third-order valence-corrected chi connectivity index (χ3v) is 4.30. The average molecular weight is 267 g/mol. The summed E-state index contributed by atoms with van der Waals surface area (Å²) in [7, 11) is 2.22. The van der Waals surface area contributed by atoms with Crippen LogP contribution in [0.5, 0.6) is 0 Å². The molecule has 0 aromatic rings. The maximum Gasteiger partial charge on any atom is 0.0622 e. The van der Waals surface area contributed by atoms with Crippen LogP contribution in [0.2, 0.25) is 0 Å². The Bertz CT molecular complexity index is 255. The molecule has 0 unspecified atom stereocenters. The van der Waals surface area contributed by atoms with Crippen molar-refractivity contribution in [2.75, 3.05) is 39.8 Å². The minimum absolute atomic E-state index is 0.617. The lowest BCUT2D eigenvalue weighted by Gasteiger charge is -2.38. The molecule has 0 N–H and O–H groups in total. The third-order valence-electron chi connectivity index (χ3n) is 4.30. The minimum Gasteiger partial charge on any atom is -0.378 e. The Morgan fingerprint density at radius 2 is 1.47 bits per heavy atom. The van der Waals surface area contributed by atoms with Gasteiger partial charge in [-0.15, -0.1) is 0 Å². The van der Waals surface area contributed by atoms with Crippen LogP contribution in [0.1, 0.15) is 47.0 Å². The number of nitrogens with zero attached hydrogens (tertiary/aromatic N) is 3. The van der Waals surface area contributed by atoms with Crippen LogP contribution in [0.15, 0.2) is 11.8 Å². The van der Waals surface area contributed by atoms with Crippen molar-refractivity contribution in [3.05, 3.63) is 11.8 Å². The fraction of sp³-hybridized carbons (Fsp3) is 0.875. The van der Waals surface area contributed by atoms with E-state index in [9.17, 15) is 0 Å². The van der Waals surface area contributed by atoms with Crippen molar-refractivity contribution in [1.82, 2.24) is 14.7 Å². The molecule has 0 saturated heterocycles. The quantitative estimate of drug-likeness (QED) is 0.533. The van der Waals surface area contributed by atoms with E-state index in [1.807, 2.05) is 0 Å². The molecule has 19 heavy (non-hydrogen) atoms. The van der Waals surface area contributed by atoms with Crippen LogP contribution in [0, 0.1) is 0 Å². The average Bonchev–Trinajstić information content (AvgIpc) is 3.25. The first-order chi connectivity index (χ1) is 9.17. The van der Waals surface area contributed by atoms with Crippen molar-refractivity contribution in [3.8, 4) is 0 Å². The van der Waals surface area contributed by atoms with Crippen LogP contribution >= 0.6 is 0 Å². The zero-order valence-corrected chi connectivity index (χ0v) is 13.7. The van der Waals surface area contributed by atoms with E-state index in [2.05, 4.69) is 55.5 Å². The van der Waals surface area contributed by atoms with Gasteiger partial charge in [0.25, 0.3) is 0 Å². The van der Waals surface area contributed by atoms with Gasteiger partial charge in [0.05, 0.1) is 6.17 Å². The lowest BCUT2D eigenvalue weighted by Crippen LogP contribution is -2.48. The third kappa shape index (κ3) is 5.15. The van der Waals surface area contributed by atoms with Crippen molar-refractivity contribution in [2.45, 2.75) is 53.1 Å². The molecular formula is C16H33N3. The Hall–Kier alpha value is -0.540. The fourth-order valence-corrected chi connectivity index (χ4v) is 2.90. The molecule has 1 aliphatic carbocycles. The predicted molar refractivity (Wildman–Crippen MR) is 84.2 cm³/mol. The molecule has 112 valence electrons. The molecule has 3 heteroatoms. The van der Waals surface area contributed by atoms with Crippen LogP contribution in [-0.4, -0.2) is 60.6 Å². The molecule has 0 amide bonds. The molecule has 1 rings (SSSR count). The van der Waals surface area contributed by atoms with E-state index < -0.39 is 0 Å². The predicted octanol–water partition coefficient (Wildman–Crippen LogP) is 3.00. The van der Waals surface area contributed by atoms with E-state index in [4.69, 9.17) is 0 Å². The monoisotopic (exact) mass is 267 g/mol. The number of hydrogen-bond acceptors (Lipinski definition) is 3. The molecule has 0 aliphatic heterocycles. The number of hydrogen-bond donors (Lipinski definition) is 0. The van der Waals surface area contributed by atoms with E-state index in [1.165, 1.54) is 31.5 Å². The van der Waals surface area contributed by atoms with Crippen LogP contribution in [0.25, 0.3) is 0 Å². The molecule has 0 heterocycles. The molecular weight excluding hydrogens is 234 g/mol. The van der Waals surface area contributed by atoms with Crippen molar-refractivity contribution in [2.24, 2.45) is 0 Å². The van der Waals surface area contributed by atoms with Gasteiger partial charge < -0.3 is 4.90 Å². The van der Waals surface area contributed by atoms with E-state index in [1.54, 1.807) is 0 Å². The number of allylic oxidation sites excluding steroid dienone is 2. The summed E-state index contributed by atoms with van der Waals surface area (Å²) >= 11 is 0. The van der Waals surface area contributed by atoms with E-state index in [-0.39, 0.29) is 0 Å². The van der Waals surface area contributed by atoms with Crippen molar-refractivity contribution >= 4 is 0 Å². The van der Waals surface area contributed by atoms with Crippen molar-refractivity contribution in [3.63, 3.8) is 0 Å². The Balaban J connectivity index is 2.44. The van der Waals surface area contributed by atoms with Gasteiger partial charge in [-0.2, -0.15) is 0 Å². The zero-order chi connectivity index (χ0) is 14.3. The second-order valence-electron chi connectivity index (χ2n) is 5.39. The SMILES string of the molecule is CCN(CC)C(CCCN(C)C1=CC1)N(CC)CC. The van der Waals surface area contributed by atoms with Gasteiger partial charge in [0, 0.05) is 25.7 Å². The Kier molecular flexibility index (Phi) is 7.47. The smallest absolute Gasteiger partial charge is 0.0622 e. The summed E-state index contributed by atoms with van der Waals surface area (Å²) in [6, 6.07) is 0. The summed E-state index contributed by atoms with van der Waals surface area (Å²) in [6.45, 7) is 14.9. The molecule has 3 nitrogen and oxygen atoms in total. The van der Waals surface area contributed by atoms with Crippen molar-refractivity contribution < 1.29 is 0 Å². The summed E-state index contributed by atoms with van der Waals surface area (Å²) in [6.07, 6.45) is 6.71. The first-order valence-electron chi connectivity index (χ1n) is 8.06. The van der Waals surface area contributed by atoms with Crippen molar-refractivity contribution in [1.29, 1.82) is 0 Å². The second kappa shape index (κ2) is 8.60. The molecule has 0 aromatic carbocycles. The molecule has 0 aromatic heterocycles. The van der Waals surface area contributed by atoms with Gasteiger partial charge in [0.1, 0.15) is 0 Å². The summed E-state index contributed by atoms with van der Waals surface area (Å²) < 4.78 is 0. The van der Waals surface area contributed by atoms with Crippen LogP contribution < -0.4 is 0 Å². The standard InChI is InChI=1S/C16H33N3/c1-6-18(7-2)16(19(8-3)9-4)11-10-14-17(5)15-12-13-15/h12,16H,6-11,13-14H2,1-5H3. The largest absolute Gasteiger partial charge is 0.378 e. The highest BCUT2D eigenvalue weighted by molar-refractivity contribution is 5.19. The highest BCUT2D eigenvalue weighted by Gasteiger charge is 2.21. The van der Waals surface area contributed by atoms with Crippen LogP contribution in [0.4, 0.5) is 0 Å². The molecule has 0 radical (unpaired) electrons. The highest BCUT2D eigenvalue weighted by atomic mass is 15.3. The molecule has 0 atom stereocenters. The van der Waals surface area contributed by atoms with Gasteiger partial charge in [-0.1, -0.05) is 33.8 Å². The van der Waals surface area contributed by atoms with Gasteiger partial charge in [-0.05, 0) is 39.0 Å². The Morgan fingerprint density at radius 1 is 1.00 bits per heavy atom. The summed E-state index contributed by atoms with van der Waals surface area (Å²) in [5.41, 5.74) is 1.53. The summed E-state index contributed by atoms with van der Waals surface area (Å²) in [4.78, 5) is 7.62. The maximum absolute atomic E-state index is 2.60. The van der Waals surface area contributed by atoms with E-state index in [0.717, 1.165) is 26.2 Å². The first-order valence-corrected chi connectivity index (χ1v) is 8.06. The maximum atomic E-state index is 2.60. The van der Waals surface area contributed by atoms with Gasteiger partial charge in [0.2, 0.25) is 0 Å². The zero-order valence-electron chi connectivity index (χ0n) is 13.7. The molecule has 0 saturated carbocycles. The molecule has 0 fully saturated rings. The van der Waals surface area contributed by atoms with E-state index >= 15 is 0 Å². The highest BCUT2D eigenvalue weighted by Crippen LogP contribution is 2.22. The molecule has 0 bridgehead atoms. The van der Waals surface area contributed by atoms with Crippen LogP contribution in [0.3, 0.4) is 0 Å².